The number of ether oxygens (including phenoxy) is 2. The Morgan fingerprint density at radius 2 is 1.74 bits per heavy atom. The van der Waals surface area contributed by atoms with Crippen LogP contribution in [0.4, 0.5) is 5.69 Å². The topological polar surface area (TPSA) is 71.3 Å². The number of rotatable bonds is 8. The molecule has 0 unspecified atom stereocenters. The second-order valence-electron chi connectivity index (χ2n) is 6.53. The Bertz CT molecular complexity index is 1100. The van der Waals surface area contributed by atoms with Gasteiger partial charge in [0.25, 0.3) is 5.91 Å². The van der Waals surface area contributed by atoms with Crippen molar-refractivity contribution < 1.29 is 14.3 Å². The summed E-state index contributed by atoms with van der Waals surface area (Å²) in [6.45, 7) is 2.82. The molecule has 0 aliphatic heterocycles. The Balaban J connectivity index is 1.64. The van der Waals surface area contributed by atoms with E-state index in [1.165, 1.54) is 6.08 Å². The van der Waals surface area contributed by atoms with Crippen LogP contribution in [-0.2, 0) is 11.4 Å². The number of para-hydroxylation sites is 1. The first kappa shape index (κ1) is 22.1. The first-order chi connectivity index (χ1) is 15.1. The quantitative estimate of drug-likeness (QED) is 0.321. The van der Waals surface area contributed by atoms with Gasteiger partial charge in [-0.2, -0.15) is 5.26 Å². The van der Waals surface area contributed by atoms with Crippen molar-refractivity contribution >= 4 is 33.6 Å². The van der Waals surface area contributed by atoms with Crippen LogP contribution in [0.3, 0.4) is 0 Å². The van der Waals surface area contributed by atoms with E-state index in [1.54, 1.807) is 36.4 Å². The molecule has 0 aromatic heterocycles. The van der Waals surface area contributed by atoms with Crippen LogP contribution in [0.5, 0.6) is 11.5 Å². The Hall–Kier alpha value is -3.56. The molecular weight excluding hydrogens is 456 g/mol. The van der Waals surface area contributed by atoms with E-state index >= 15 is 0 Å². The van der Waals surface area contributed by atoms with Crippen molar-refractivity contribution in [3.05, 3.63) is 94.0 Å². The molecule has 3 aromatic rings. The van der Waals surface area contributed by atoms with Crippen molar-refractivity contribution in [1.82, 2.24) is 0 Å². The minimum Gasteiger partial charge on any atom is -0.493 e. The zero-order valence-corrected chi connectivity index (χ0v) is 18.6. The molecule has 0 saturated heterocycles. The molecule has 0 aliphatic carbocycles. The van der Waals surface area contributed by atoms with Gasteiger partial charge in [0.1, 0.15) is 29.7 Å². The highest BCUT2D eigenvalue weighted by molar-refractivity contribution is 9.10. The number of anilines is 1. The van der Waals surface area contributed by atoms with E-state index in [-0.39, 0.29) is 5.57 Å². The SMILES string of the molecule is CCOc1ccccc1/C=C(\C#N)C(=O)Nc1ccc(OCc2ccc(Br)cc2)cc1. The van der Waals surface area contributed by atoms with E-state index in [0.29, 0.717) is 36.0 Å². The summed E-state index contributed by atoms with van der Waals surface area (Å²) >= 11 is 3.41. The summed E-state index contributed by atoms with van der Waals surface area (Å²) in [6, 6.07) is 24.1. The van der Waals surface area contributed by atoms with Gasteiger partial charge in [-0.1, -0.05) is 46.3 Å². The summed E-state index contributed by atoms with van der Waals surface area (Å²) in [5, 5.41) is 12.2. The highest BCUT2D eigenvalue weighted by atomic mass is 79.9. The maximum absolute atomic E-state index is 12.6. The lowest BCUT2D eigenvalue weighted by Gasteiger charge is -2.09. The lowest BCUT2D eigenvalue weighted by molar-refractivity contribution is -0.112. The van der Waals surface area contributed by atoms with Crippen LogP contribution in [0.1, 0.15) is 18.1 Å². The third kappa shape index (κ3) is 6.46. The largest absolute Gasteiger partial charge is 0.493 e. The van der Waals surface area contributed by atoms with Gasteiger partial charge in [-0.3, -0.25) is 4.79 Å². The molecule has 1 amide bonds. The standard InChI is InChI=1S/C25H21BrN2O3/c1-2-30-24-6-4-3-5-19(24)15-20(16-27)25(29)28-22-11-13-23(14-12-22)31-17-18-7-9-21(26)10-8-18/h3-15H,2,17H2,1H3,(H,28,29)/b20-15+. The predicted octanol–water partition coefficient (Wildman–Crippen LogP) is 5.97. The summed E-state index contributed by atoms with van der Waals surface area (Å²) in [5.74, 6) is 0.817. The number of nitrogens with one attached hydrogen (secondary N) is 1. The molecule has 31 heavy (non-hydrogen) atoms. The lowest BCUT2D eigenvalue weighted by atomic mass is 10.1. The summed E-state index contributed by atoms with van der Waals surface area (Å²) in [6.07, 6.45) is 1.52. The van der Waals surface area contributed by atoms with Gasteiger partial charge in [0.15, 0.2) is 0 Å². The Morgan fingerprint density at radius 3 is 2.42 bits per heavy atom. The Morgan fingerprint density at radius 1 is 1.03 bits per heavy atom. The number of benzene rings is 3. The van der Waals surface area contributed by atoms with E-state index in [9.17, 15) is 10.1 Å². The zero-order valence-electron chi connectivity index (χ0n) is 17.0. The number of amides is 1. The molecule has 0 radical (unpaired) electrons. The number of halogens is 1. The first-order valence-corrected chi connectivity index (χ1v) is 10.5. The summed E-state index contributed by atoms with van der Waals surface area (Å²) in [7, 11) is 0. The maximum atomic E-state index is 12.6. The van der Waals surface area contributed by atoms with Gasteiger partial charge in [-0.05, 0) is 61.0 Å². The van der Waals surface area contributed by atoms with Crippen molar-refractivity contribution in [1.29, 1.82) is 5.26 Å². The van der Waals surface area contributed by atoms with Gasteiger partial charge < -0.3 is 14.8 Å². The molecule has 1 N–H and O–H groups in total. The number of hydrogen-bond acceptors (Lipinski definition) is 4. The number of nitriles is 1. The third-order valence-electron chi connectivity index (χ3n) is 4.31. The zero-order chi connectivity index (χ0) is 22.1. The van der Waals surface area contributed by atoms with Crippen molar-refractivity contribution in [2.24, 2.45) is 0 Å². The number of hydrogen-bond donors (Lipinski definition) is 1. The minimum atomic E-state index is -0.489. The molecule has 0 bridgehead atoms. The van der Waals surface area contributed by atoms with Crippen molar-refractivity contribution in [2.45, 2.75) is 13.5 Å². The number of carbonyl (C=O) groups excluding carboxylic acids is 1. The van der Waals surface area contributed by atoms with Crippen LogP contribution in [0.15, 0.2) is 82.8 Å². The molecule has 0 fully saturated rings. The summed E-state index contributed by atoms with van der Waals surface area (Å²) < 4.78 is 12.3. The first-order valence-electron chi connectivity index (χ1n) is 9.71. The van der Waals surface area contributed by atoms with Gasteiger partial charge in [0.05, 0.1) is 6.61 Å². The molecule has 156 valence electrons. The van der Waals surface area contributed by atoms with E-state index in [2.05, 4.69) is 21.2 Å². The van der Waals surface area contributed by atoms with Gasteiger partial charge in [-0.15, -0.1) is 0 Å². The van der Waals surface area contributed by atoms with Crippen molar-refractivity contribution in [2.75, 3.05) is 11.9 Å². The molecule has 0 aliphatic rings. The number of carbonyl (C=O) groups is 1. The highest BCUT2D eigenvalue weighted by Gasteiger charge is 2.11. The molecule has 6 heteroatoms. The second kappa shape index (κ2) is 11.0. The molecule has 0 saturated carbocycles. The van der Waals surface area contributed by atoms with Gasteiger partial charge >= 0.3 is 0 Å². The fraction of sp³-hybridized carbons (Fsp3) is 0.120. The van der Waals surface area contributed by atoms with Crippen LogP contribution >= 0.6 is 15.9 Å². The van der Waals surface area contributed by atoms with E-state index < -0.39 is 5.91 Å². The molecule has 3 aromatic carbocycles. The average Bonchev–Trinajstić information content (AvgIpc) is 2.79. The normalized spacial score (nSPS) is 10.8. The smallest absolute Gasteiger partial charge is 0.266 e. The average molecular weight is 477 g/mol. The highest BCUT2D eigenvalue weighted by Crippen LogP contribution is 2.22. The van der Waals surface area contributed by atoms with E-state index in [4.69, 9.17) is 9.47 Å². The van der Waals surface area contributed by atoms with Crippen LogP contribution in [-0.4, -0.2) is 12.5 Å². The van der Waals surface area contributed by atoms with Gasteiger partial charge in [-0.25, -0.2) is 0 Å². The van der Waals surface area contributed by atoms with Crippen LogP contribution in [0.2, 0.25) is 0 Å². The predicted molar refractivity (Wildman–Crippen MR) is 125 cm³/mol. The third-order valence-corrected chi connectivity index (χ3v) is 4.84. The minimum absolute atomic E-state index is 0.0114. The fourth-order valence-electron chi connectivity index (χ4n) is 2.77. The van der Waals surface area contributed by atoms with E-state index in [1.807, 2.05) is 49.4 Å². The lowest BCUT2D eigenvalue weighted by Crippen LogP contribution is -2.13. The molecule has 0 atom stereocenters. The van der Waals surface area contributed by atoms with Crippen molar-refractivity contribution in [3.63, 3.8) is 0 Å². The van der Waals surface area contributed by atoms with Gasteiger partial charge in [0.2, 0.25) is 0 Å². The van der Waals surface area contributed by atoms with Crippen LogP contribution < -0.4 is 14.8 Å². The van der Waals surface area contributed by atoms with Crippen molar-refractivity contribution in [3.8, 4) is 17.6 Å². The summed E-state index contributed by atoms with van der Waals surface area (Å²) in [5.41, 5.74) is 2.28. The Labute approximate surface area is 190 Å². The molecule has 5 nitrogen and oxygen atoms in total. The summed E-state index contributed by atoms with van der Waals surface area (Å²) in [4.78, 5) is 12.6. The van der Waals surface area contributed by atoms with Gasteiger partial charge in [0, 0.05) is 15.7 Å². The molecule has 0 spiro atoms. The second-order valence-corrected chi connectivity index (χ2v) is 7.45. The van der Waals surface area contributed by atoms with Crippen LogP contribution in [0, 0.1) is 11.3 Å². The van der Waals surface area contributed by atoms with E-state index in [0.717, 1.165) is 10.0 Å². The monoisotopic (exact) mass is 476 g/mol. The number of nitrogens with zero attached hydrogens (tertiary/aromatic N) is 1. The van der Waals surface area contributed by atoms with Crippen LogP contribution in [0.25, 0.3) is 6.08 Å². The Kier molecular flexibility index (Phi) is 7.85. The molecular formula is C25H21BrN2O3. The fourth-order valence-corrected chi connectivity index (χ4v) is 3.04. The molecule has 3 rings (SSSR count). The maximum Gasteiger partial charge on any atom is 0.266 e. The molecule has 0 heterocycles.